The molecule has 2 heterocycles. The SMILES string of the molecule is OCc1ccc(-c2nc(C3CCOCC3)nn2CC(F)(F)F)cc1. The molecule has 1 aliphatic rings. The molecule has 8 heteroatoms. The Bertz CT molecular complexity index is 677. The molecule has 0 saturated carbocycles. The van der Waals surface area contributed by atoms with Crippen LogP contribution in [-0.2, 0) is 17.9 Å². The highest BCUT2D eigenvalue weighted by molar-refractivity contribution is 5.55. The summed E-state index contributed by atoms with van der Waals surface area (Å²) in [4.78, 5) is 4.38. The number of benzene rings is 1. The fourth-order valence-electron chi connectivity index (χ4n) is 2.74. The number of aliphatic hydroxyl groups is 1. The second-order valence-corrected chi connectivity index (χ2v) is 5.81. The molecule has 1 fully saturated rings. The van der Waals surface area contributed by atoms with Crippen LogP contribution in [0.2, 0.25) is 0 Å². The predicted molar refractivity (Wildman–Crippen MR) is 80.2 cm³/mol. The Hall–Kier alpha value is -1.93. The van der Waals surface area contributed by atoms with Gasteiger partial charge in [0, 0.05) is 24.7 Å². The molecule has 130 valence electrons. The van der Waals surface area contributed by atoms with Crippen LogP contribution in [0.3, 0.4) is 0 Å². The van der Waals surface area contributed by atoms with Crippen molar-refractivity contribution < 1.29 is 23.0 Å². The van der Waals surface area contributed by atoms with Gasteiger partial charge >= 0.3 is 6.18 Å². The maximum Gasteiger partial charge on any atom is 0.408 e. The third-order valence-corrected chi connectivity index (χ3v) is 4.00. The highest BCUT2D eigenvalue weighted by Gasteiger charge is 2.31. The number of aliphatic hydroxyl groups excluding tert-OH is 1. The lowest BCUT2D eigenvalue weighted by Gasteiger charge is -2.18. The van der Waals surface area contributed by atoms with Gasteiger partial charge in [0.25, 0.3) is 0 Å². The third kappa shape index (κ3) is 3.93. The molecule has 0 bridgehead atoms. The minimum Gasteiger partial charge on any atom is -0.392 e. The molecule has 1 N–H and O–H groups in total. The fourth-order valence-corrected chi connectivity index (χ4v) is 2.74. The van der Waals surface area contributed by atoms with Crippen molar-refractivity contribution in [3.63, 3.8) is 0 Å². The van der Waals surface area contributed by atoms with Crippen LogP contribution < -0.4 is 0 Å². The van der Waals surface area contributed by atoms with Gasteiger partial charge in [-0.25, -0.2) is 9.67 Å². The largest absolute Gasteiger partial charge is 0.408 e. The van der Waals surface area contributed by atoms with Crippen molar-refractivity contribution in [3.05, 3.63) is 35.7 Å². The fraction of sp³-hybridized carbons (Fsp3) is 0.500. The van der Waals surface area contributed by atoms with Gasteiger partial charge in [0.05, 0.1) is 6.61 Å². The van der Waals surface area contributed by atoms with Crippen LogP contribution in [0.25, 0.3) is 11.4 Å². The molecule has 1 aromatic carbocycles. The van der Waals surface area contributed by atoms with E-state index in [-0.39, 0.29) is 18.3 Å². The summed E-state index contributed by atoms with van der Waals surface area (Å²) in [5.41, 5.74) is 1.23. The number of halogens is 3. The second kappa shape index (κ2) is 6.90. The number of hydrogen-bond acceptors (Lipinski definition) is 4. The Kier molecular flexibility index (Phi) is 4.86. The number of ether oxygens (including phenoxy) is 1. The minimum atomic E-state index is -4.37. The van der Waals surface area contributed by atoms with E-state index >= 15 is 0 Å². The zero-order valence-corrected chi connectivity index (χ0v) is 13.0. The van der Waals surface area contributed by atoms with Crippen LogP contribution in [0.15, 0.2) is 24.3 Å². The van der Waals surface area contributed by atoms with Gasteiger partial charge in [-0.05, 0) is 18.4 Å². The van der Waals surface area contributed by atoms with Gasteiger partial charge in [-0.15, -0.1) is 0 Å². The molecule has 0 unspecified atom stereocenters. The molecule has 1 saturated heterocycles. The van der Waals surface area contributed by atoms with Crippen LogP contribution >= 0.6 is 0 Å². The molecule has 0 radical (unpaired) electrons. The first kappa shape index (κ1) is 16.9. The summed E-state index contributed by atoms with van der Waals surface area (Å²) in [7, 11) is 0. The van der Waals surface area contributed by atoms with E-state index in [1.165, 1.54) is 0 Å². The van der Waals surface area contributed by atoms with E-state index in [1.807, 2.05) is 0 Å². The molecule has 2 aromatic rings. The van der Waals surface area contributed by atoms with E-state index in [0.717, 1.165) is 4.68 Å². The van der Waals surface area contributed by atoms with E-state index < -0.39 is 12.7 Å². The summed E-state index contributed by atoms with van der Waals surface area (Å²) in [6, 6.07) is 6.62. The lowest BCUT2D eigenvalue weighted by atomic mass is 10.00. The third-order valence-electron chi connectivity index (χ3n) is 4.00. The topological polar surface area (TPSA) is 60.2 Å². The first-order chi connectivity index (χ1) is 11.5. The summed E-state index contributed by atoms with van der Waals surface area (Å²) in [5.74, 6) is 0.644. The number of rotatable bonds is 4. The zero-order chi connectivity index (χ0) is 17.2. The summed E-state index contributed by atoms with van der Waals surface area (Å²) >= 11 is 0. The quantitative estimate of drug-likeness (QED) is 0.929. The number of aromatic nitrogens is 3. The van der Waals surface area contributed by atoms with Crippen molar-refractivity contribution in [2.75, 3.05) is 13.2 Å². The van der Waals surface area contributed by atoms with E-state index in [0.29, 0.717) is 43.0 Å². The molecule has 0 amide bonds. The van der Waals surface area contributed by atoms with Crippen molar-refractivity contribution in [1.82, 2.24) is 14.8 Å². The van der Waals surface area contributed by atoms with Crippen LogP contribution in [0.5, 0.6) is 0 Å². The van der Waals surface area contributed by atoms with Gasteiger partial charge in [0.1, 0.15) is 6.54 Å². The van der Waals surface area contributed by atoms with Gasteiger partial charge in [-0.1, -0.05) is 24.3 Å². The maximum absolute atomic E-state index is 12.9. The summed E-state index contributed by atoms with van der Waals surface area (Å²) in [6.45, 7) is -0.166. The van der Waals surface area contributed by atoms with Crippen molar-refractivity contribution in [3.8, 4) is 11.4 Å². The van der Waals surface area contributed by atoms with E-state index in [9.17, 15) is 13.2 Å². The summed E-state index contributed by atoms with van der Waals surface area (Å²) in [5, 5.41) is 13.2. The van der Waals surface area contributed by atoms with Gasteiger partial charge < -0.3 is 9.84 Å². The Morgan fingerprint density at radius 2 is 1.83 bits per heavy atom. The van der Waals surface area contributed by atoms with Crippen molar-refractivity contribution >= 4 is 0 Å². The van der Waals surface area contributed by atoms with Crippen LogP contribution in [0.1, 0.15) is 30.1 Å². The Balaban J connectivity index is 1.96. The highest BCUT2D eigenvalue weighted by Crippen LogP contribution is 2.29. The molecule has 0 spiro atoms. The summed E-state index contributed by atoms with van der Waals surface area (Å²) < 4.78 is 44.8. The molecule has 3 rings (SSSR count). The molecule has 1 aliphatic heterocycles. The lowest BCUT2D eigenvalue weighted by molar-refractivity contribution is -0.142. The van der Waals surface area contributed by atoms with Crippen molar-refractivity contribution in [2.45, 2.75) is 38.1 Å². The zero-order valence-electron chi connectivity index (χ0n) is 13.0. The minimum absolute atomic E-state index is 0.0173. The van der Waals surface area contributed by atoms with Crippen LogP contribution in [-0.4, -0.2) is 39.3 Å². The first-order valence-corrected chi connectivity index (χ1v) is 7.75. The van der Waals surface area contributed by atoms with Crippen molar-refractivity contribution in [2.24, 2.45) is 0 Å². The van der Waals surface area contributed by atoms with Crippen LogP contribution in [0.4, 0.5) is 13.2 Å². The molecule has 24 heavy (non-hydrogen) atoms. The highest BCUT2D eigenvalue weighted by atomic mass is 19.4. The smallest absolute Gasteiger partial charge is 0.392 e. The number of hydrogen-bond donors (Lipinski definition) is 1. The normalized spacial score (nSPS) is 16.5. The molecule has 5 nitrogen and oxygen atoms in total. The molecule has 0 aliphatic carbocycles. The van der Waals surface area contributed by atoms with Crippen molar-refractivity contribution in [1.29, 1.82) is 0 Å². The number of alkyl halides is 3. The molecular formula is C16H18F3N3O2. The van der Waals surface area contributed by atoms with E-state index in [1.54, 1.807) is 24.3 Å². The average Bonchev–Trinajstić information content (AvgIpc) is 2.97. The Morgan fingerprint density at radius 3 is 2.42 bits per heavy atom. The molecule has 1 aromatic heterocycles. The van der Waals surface area contributed by atoms with Gasteiger partial charge in [0.15, 0.2) is 11.6 Å². The Labute approximate surface area is 137 Å². The second-order valence-electron chi connectivity index (χ2n) is 5.81. The standard InChI is InChI=1S/C16H18F3N3O2/c17-16(18,19)10-22-15(13-3-1-11(9-23)2-4-13)20-14(21-22)12-5-7-24-8-6-12/h1-4,12,23H,5-10H2. The van der Waals surface area contributed by atoms with Crippen LogP contribution in [0, 0.1) is 0 Å². The maximum atomic E-state index is 12.9. The van der Waals surface area contributed by atoms with E-state index in [4.69, 9.17) is 9.84 Å². The number of nitrogens with zero attached hydrogens (tertiary/aromatic N) is 3. The molecular weight excluding hydrogens is 323 g/mol. The lowest BCUT2D eigenvalue weighted by Crippen LogP contribution is -2.20. The first-order valence-electron chi connectivity index (χ1n) is 7.75. The van der Waals surface area contributed by atoms with Gasteiger partial charge in [0.2, 0.25) is 0 Å². The monoisotopic (exact) mass is 341 g/mol. The van der Waals surface area contributed by atoms with Gasteiger partial charge in [-0.2, -0.15) is 18.3 Å². The molecule has 0 atom stereocenters. The average molecular weight is 341 g/mol. The van der Waals surface area contributed by atoms with Gasteiger partial charge in [-0.3, -0.25) is 0 Å². The Morgan fingerprint density at radius 1 is 1.17 bits per heavy atom. The summed E-state index contributed by atoms with van der Waals surface area (Å²) in [6.07, 6.45) is -2.96. The predicted octanol–water partition coefficient (Wildman–Crippen LogP) is 2.89. The van der Waals surface area contributed by atoms with E-state index in [2.05, 4.69) is 10.1 Å².